The van der Waals surface area contributed by atoms with E-state index in [9.17, 15) is 0 Å². The molecule has 3 aromatic rings. The highest BCUT2D eigenvalue weighted by molar-refractivity contribution is 5.15. The SMILES string of the molecule is C[C@@H]1C[C@@H]2O[C@@H]3[C@@H](C)[C@H](OCc4ccccc4)[C@@H]4O[C@]5(CCCO5)[C@@H](C)[C@H](C)[C@H]4O[C@H]3C[C@H]2O[C@@H](COCc2ccccc2)[C@H](OCc2ccccc2)C1. The van der Waals surface area contributed by atoms with Gasteiger partial charge in [-0.25, -0.2) is 0 Å². The topological polar surface area (TPSA) is 73.8 Å². The molecule has 0 amide bonds. The molecule has 5 saturated heterocycles. The lowest BCUT2D eigenvalue weighted by atomic mass is 9.76. The molecule has 8 rings (SSSR count). The van der Waals surface area contributed by atoms with Crippen LogP contribution in [0, 0.1) is 23.7 Å². The maximum atomic E-state index is 7.28. The molecule has 5 fully saturated rings. The summed E-state index contributed by atoms with van der Waals surface area (Å²) in [6.45, 7) is 11.9. The largest absolute Gasteiger partial charge is 0.374 e. The van der Waals surface area contributed by atoms with Gasteiger partial charge in [-0.05, 0) is 47.8 Å². The van der Waals surface area contributed by atoms with E-state index in [1.54, 1.807) is 0 Å². The Labute approximate surface area is 322 Å². The average Bonchev–Trinajstić information content (AvgIpc) is 3.63. The van der Waals surface area contributed by atoms with Crippen molar-refractivity contribution in [3.8, 4) is 0 Å². The van der Waals surface area contributed by atoms with Gasteiger partial charge in [0.05, 0.1) is 75.8 Å². The second-order valence-corrected chi connectivity index (χ2v) is 16.8. The fourth-order valence-corrected chi connectivity index (χ4v) is 9.79. The first kappa shape index (κ1) is 38.2. The number of rotatable bonds is 10. The summed E-state index contributed by atoms with van der Waals surface area (Å²) < 4.78 is 55.3. The Kier molecular flexibility index (Phi) is 12.2. The van der Waals surface area contributed by atoms with E-state index in [2.05, 4.69) is 88.4 Å². The van der Waals surface area contributed by atoms with Crippen molar-refractivity contribution in [2.75, 3.05) is 13.2 Å². The van der Waals surface area contributed by atoms with E-state index in [0.717, 1.165) is 55.4 Å². The minimum atomic E-state index is -0.613. The predicted molar refractivity (Wildman–Crippen MR) is 205 cm³/mol. The van der Waals surface area contributed by atoms with Crippen LogP contribution in [0.2, 0.25) is 0 Å². The molecule has 0 aromatic heterocycles. The van der Waals surface area contributed by atoms with E-state index in [1.807, 2.05) is 30.3 Å². The fourth-order valence-electron chi connectivity index (χ4n) is 9.79. The molecule has 8 nitrogen and oxygen atoms in total. The van der Waals surface area contributed by atoms with Crippen molar-refractivity contribution in [2.45, 2.75) is 140 Å². The highest BCUT2D eigenvalue weighted by atomic mass is 16.7. The molecule has 5 aliphatic rings. The van der Waals surface area contributed by atoms with E-state index >= 15 is 0 Å². The third-order valence-corrected chi connectivity index (χ3v) is 13.0. The lowest BCUT2D eigenvalue weighted by Crippen LogP contribution is -2.61. The maximum absolute atomic E-state index is 7.28. The summed E-state index contributed by atoms with van der Waals surface area (Å²) in [7, 11) is 0. The van der Waals surface area contributed by atoms with Crippen molar-refractivity contribution in [1.82, 2.24) is 0 Å². The first-order valence-electron chi connectivity index (χ1n) is 20.6. The lowest BCUT2D eigenvalue weighted by molar-refractivity contribution is -0.341. The summed E-state index contributed by atoms with van der Waals surface area (Å²) in [4.78, 5) is 0. The molecule has 1 spiro atoms. The molecule has 8 heteroatoms. The molecule has 292 valence electrons. The summed E-state index contributed by atoms with van der Waals surface area (Å²) in [6.07, 6.45) is 2.66. The molecule has 5 aliphatic heterocycles. The Morgan fingerprint density at radius 1 is 0.611 bits per heavy atom. The maximum Gasteiger partial charge on any atom is 0.171 e. The predicted octanol–water partition coefficient (Wildman–Crippen LogP) is 8.30. The molecule has 5 heterocycles. The molecular formula is C46H60O8. The molecule has 3 aromatic carbocycles. The van der Waals surface area contributed by atoms with Crippen LogP contribution in [0.3, 0.4) is 0 Å². The van der Waals surface area contributed by atoms with Crippen molar-refractivity contribution >= 4 is 0 Å². The second kappa shape index (κ2) is 17.2. The average molecular weight is 741 g/mol. The molecule has 14 atom stereocenters. The van der Waals surface area contributed by atoms with Crippen molar-refractivity contribution in [1.29, 1.82) is 0 Å². The van der Waals surface area contributed by atoms with Crippen LogP contribution >= 0.6 is 0 Å². The van der Waals surface area contributed by atoms with Gasteiger partial charge in [0.2, 0.25) is 0 Å². The van der Waals surface area contributed by atoms with Crippen LogP contribution in [-0.4, -0.2) is 73.9 Å². The zero-order valence-corrected chi connectivity index (χ0v) is 32.5. The monoisotopic (exact) mass is 740 g/mol. The van der Waals surface area contributed by atoms with E-state index in [1.165, 1.54) is 0 Å². The van der Waals surface area contributed by atoms with Gasteiger partial charge in [0.15, 0.2) is 5.79 Å². The normalized spacial score (nSPS) is 39.4. The minimum Gasteiger partial charge on any atom is -0.374 e. The van der Waals surface area contributed by atoms with Gasteiger partial charge in [-0.1, -0.05) is 119 Å². The number of hydrogen-bond acceptors (Lipinski definition) is 8. The summed E-state index contributed by atoms with van der Waals surface area (Å²) in [5.74, 6) is 0.127. The van der Waals surface area contributed by atoms with Gasteiger partial charge in [0.25, 0.3) is 0 Å². The highest BCUT2D eigenvalue weighted by Gasteiger charge is 2.60. The van der Waals surface area contributed by atoms with E-state index < -0.39 is 5.79 Å². The van der Waals surface area contributed by atoms with Crippen LogP contribution in [-0.2, 0) is 57.7 Å². The Morgan fingerprint density at radius 2 is 1.22 bits per heavy atom. The van der Waals surface area contributed by atoms with Crippen molar-refractivity contribution in [3.63, 3.8) is 0 Å². The minimum absolute atomic E-state index is 0.0152. The Morgan fingerprint density at radius 3 is 1.87 bits per heavy atom. The summed E-state index contributed by atoms with van der Waals surface area (Å²) in [5, 5.41) is 0. The first-order valence-corrected chi connectivity index (χ1v) is 20.6. The Balaban J connectivity index is 1.05. The van der Waals surface area contributed by atoms with Crippen LogP contribution < -0.4 is 0 Å². The Hall–Kier alpha value is -2.66. The van der Waals surface area contributed by atoms with Gasteiger partial charge in [0, 0.05) is 24.7 Å². The molecule has 0 saturated carbocycles. The molecule has 54 heavy (non-hydrogen) atoms. The van der Waals surface area contributed by atoms with Gasteiger partial charge >= 0.3 is 0 Å². The summed E-state index contributed by atoms with van der Waals surface area (Å²) in [6, 6.07) is 31.1. The quantitative estimate of drug-likeness (QED) is 0.206. The zero-order valence-electron chi connectivity index (χ0n) is 32.5. The zero-order chi connectivity index (χ0) is 37.1. The fraction of sp³-hybridized carbons (Fsp3) is 0.609. The van der Waals surface area contributed by atoms with Crippen molar-refractivity contribution in [2.24, 2.45) is 23.7 Å². The van der Waals surface area contributed by atoms with E-state index in [4.69, 9.17) is 37.9 Å². The summed E-state index contributed by atoms with van der Waals surface area (Å²) in [5.41, 5.74) is 3.44. The van der Waals surface area contributed by atoms with Crippen LogP contribution in [0.5, 0.6) is 0 Å². The molecule has 0 unspecified atom stereocenters. The number of fused-ring (bicyclic) bond motifs is 3. The smallest absolute Gasteiger partial charge is 0.171 e. The van der Waals surface area contributed by atoms with Crippen molar-refractivity contribution < 1.29 is 37.9 Å². The molecule has 0 radical (unpaired) electrons. The van der Waals surface area contributed by atoms with Gasteiger partial charge in [-0.15, -0.1) is 0 Å². The molecular weight excluding hydrogens is 680 g/mol. The molecule has 0 bridgehead atoms. The first-order chi connectivity index (χ1) is 26.4. The van der Waals surface area contributed by atoms with E-state index in [0.29, 0.717) is 32.3 Å². The number of hydrogen-bond donors (Lipinski definition) is 0. The standard InChI is InChI=1S/C46H60O8/c1-30-23-37(48-27-35-17-10-6-11-18-35)41(29-47-26-34-15-8-5-9-16-34)51-39-25-40-42(52-38(39)24-30)32(3)43(49-28-36-19-12-7-13-20-36)45-44(53-40)31(2)33(4)46(54-45)21-14-22-50-46/h5-13,15-20,30-33,37-45H,14,21-29H2,1-4H3/t30-,31-,32+,33-,37+,38-,39+,40-,41-,42+,43-,44+,45-,46+/m0/s1. The number of benzene rings is 3. The van der Waals surface area contributed by atoms with Crippen LogP contribution in [0.25, 0.3) is 0 Å². The van der Waals surface area contributed by atoms with Crippen LogP contribution in [0.1, 0.15) is 76.5 Å². The second-order valence-electron chi connectivity index (χ2n) is 16.8. The number of ether oxygens (including phenoxy) is 8. The van der Waals surface area contributed by atoms with Crippen LogP contribution in [0.4, 0.5) is 0 Å². The van der Waals surface area contributed by atoms with E-state index in [-0.39, 0.29) is 72.7 Å². The highest BCUT2D eigenvalue weighted by Crippen LogP contribution is 2.51. The summed E-state index contributed by atoms with van der Waals surface area (Å²) >= 11 is 0. The lowest BCUT2D eigenvalue weighted by Gasteiger charge is -2.51. The van der Waals surface area contributed by atoms with Crippen LogP contribution in [0.15, 0.2) is 91.0 Å². The van der Waals surface area contributed by atoms with Gasteiger partial charge in [-0.2, -0.15) is 0 Å². The molecule has 0 aliphatic carbocycles. The Bertz CT molecular complexity index is 1580. The van der Waals surface area contributed by atoms with Crippen molar-refractivity contribution in [3.05, 3.63) is 108 Å². The van der Waals surface area contributed by atoms with Gasteiger partial charge in [-0.3, -0.25) is 0 Å². The third-order valence-electron chi connectivity index (χ3n) is 13.0. The third kappa shape index (κ3) is 8.37. The van der Waals surface area contributed by atoms with Gasteiger partial charge < -0.3 is 37.9 Å². The molecule has 0 N–H and O–H groups in total. The van der Waals surface area contributed by atoms with Gasteiger partial charge in [0.1, 0.15) is 12.2 Å².